The molecule has 2 aromatic heterocycles. The van der Waals surface area contributed by atoms with Crippen molar-refractivity contribution < 1.29 is 0 Å². The number of hydrogen-bond acceptors (Lipinski definition) is 7. The summed E-state index contributed by atoms with van der Waals surface area (Å²) in [6, 6.07) is 13.7. The largest absolute Gasteiger partial charge is 0.330 e. The van der Waals surface area contributed by atoms with Gasteiger partial charge in [0.15, 0.2) is 4.34 Å². The van der Waals surface area contributed by atoms with Gasteiger partial charge in [0.2, 0.25) is 5.13 Å². The highest BCUT2D eigenvalue weighted by Gasteiger charge is 2.07. The molecule has 0 aliphatic rings. The second-order valence-electron chi connectivity index (χ2n) is 4.47. The minimum Gasteiger partial charge on any atom is -0.330 e. The Bertz CT molecular complexity index is 820. The quantitative estimate of drug-likeness (QED) is 0.781. The molecule has 0 radical (unpaired) electrons. The number of aromatic nitrogens is 3. The fourth-order valence-corrected chi connectivity index (χ4v) is 3.40. The third-order valence-corrected chi connectivity index (χ3v) is 4.57. The normalized spacial score (nSPS) is 10.2. The molecule has 7 heteroatoms. The van der Waals surface area contributed by atoms with E-state index >= 15 is 0 Å². The molecule has 0 aliphatic carbocycles. The minimum atomic E-state index is 0.545. The maximum absolute atomic E-state index is 8.76. The van der Waals surface area contributed by atoms with Gasteiger partial charge in [0.05, 0.1) is 5.56 Å². The highest BCUT2D eigenvalue weighted by Crippen LogP contribution is 2.31. The van der Waals surface area contributed by atoms with Crippen molar-refractivity contribution in [3.8, 4) is 6.07 Å². The van der Waals surface area contributed by atoms with Crippen LogP contribution in [0.1, 0.15) is 11.1 Å². The molecular weight excluding hydrogens is 314 g/mol. The van der Waals surface area contributed by atoms with Gasteiger partial charge in [-0.15, -0.1) is 10.2 Å². The number of benzene rings is 1. The van der Waals surface area contributed by atoms with Gasteiger partial charge in [0.25, 0.3) is 0 Å². The van der Waals surface area contributed by atoms with Crippen LogP contribution in [0.15, 0.2) is 52.0 Å². The van der Waals surface area contributed by atoms with Gasteiger partial charge in [0, 0.05) is 11.9 Å². The first-order valence-electron chi connectivity index (χ1n) is 6.44. The van der Waals surface area contributed by atoms with Crippen LogP contribution in [-0.2, 0) is 0 Å². The maximum Gasteiger partial charge on any atom is 0.210 e. The van der Waals surface area contributed by atoms with Crippen LogP contribution in [0.4, 0.5) is 10.8 Å². The Morgan fingerprint density at radius 1 is 1.23 bits per heavy atom. The van der Waals surface area contributed by atoms with E-state index in [1.54, 1.807) is 18.3 Å². The molecule has 0 amide bonds. The highest BCUT2D eigenvalue weighted by molar-refractivity contribution is 8.01. The standard InChI is InChI=1S/C15H11N5S2/c1-10-3-2-4-12(7-10)18-14-19-20-15(22-14)21-13-6-5-11(8-16)9-17-13/h2-7,9H,1H3,(H,18,19). The van der Waals surface area contributed by atoms with Gasteiger partial charge in [0.1, 0.15) is 11.1 Å². The number of aryl methyl sites for hydroxylation is 1. The van der Waals surface area contributed by atoms with Gasteiger partial charge in [-0.1, -0.05) is 23.5 Å². The van der Waals surface area contributed by atoms with Crippen LogP contribution in [0.25, 0.3) is 0 Å². The van der Waals surface area contributed by atoms with Crippen LogP contribution in [0.2, 0.25) is 0 Å². The van der Waals surface area contributed by atoms with Gasteiger partial charge in [-0.05, 0) is 48.5 Å². The molecule has 0 bridgehead atoms. The average molecular weight is 325 g/mol. The molecule has 2 heterocycles. The van der Waals surface area contributed by atoms with E-state index in [2.05, 4.69) is 26.6 Å². The first kappa shape index (κ1) is 14.5. The first-order chi connectivity index (χ1) is 10.7. The molecule has 108 valence electrons. The van der Waals surface area contributed by atoms with Crippen molar-refractivity contribution in [2.24, 2.45) is 0 Å². The van der Waals surface area contributed by atoms with E-state index < -0.39 is 0 Å². The molecule has 3 rings (SSSR count). The van der Waals surface area contributed by atoms with Crippen LogP contribution in [0, 0.1) is 18.3 Å². The number of pyridine rings is 1. The summed E-state index contributed by atoms with van der Waals surface area (Å²) in [4.78, 5) is 4.21. The molecular formula is C15H11N5S2. The number of hydrogen-bond donors (Lipinski definition) is 1. The number of nitrogens with one attached hydrogen (secondary N) is 1. The molecule has 0 spiro atoms. The van der Waals surface area contributed by atoms with E-state index in [4.69, 9.17) is 5.26 Å². The first-order valence-corrected chi connectivity index (χ1v) is 8.07. The summed E-state index contributed by atoms with van der Waals surface area (Å²) < 4.78 is 0.798. The van der Waals surface area contributed by atoms with Crippen molar-refractivity contribution in [2.45, 2.75) is 16.3 Å². The molecule has 0 saturated carbocycles. The third-order valence-electron chi connectivity index (χ3n) is 2.73. The third kappa shape index (κ3) is 3.61. The van der Waals surface area contributed by atoms with Crippen molar-refractivity contribution in [3.05, 3.63) is 53.7 Å². The lowest BCUT2D eigenvalue weighted by Gasteiger charge is -2.01. The monoisotopic (exact) mass is 325 g/mol. The van der Waals surface area contributed by atoms with E-state index in [1.807, 2.05) is 31.2 Å². The molecule has 1 aromatic carbocycles. The second kappa shape index (κ2) is 6.56. The zero-order chi connectivity index (χ0) is 15.4. The summed E-state index contributed by atoms with van der Waals surface area (Å²) in [5, 5.41) is 21.8. The van der Waals surface area contributed by atoms with E-state index in [1.165, 1.54) is 28.7 Å². The zero-order valence-corrected chi connectivity index (χ0v) is 13.3. The minimum absolute atomic E-state index is 0.545. The summed E-state index contributed by atoms with van der Waals surface area (Å²) in [7, 11) is 0. The molecule has 22 heavy (non-hydrogen) atoms. The van der Waals surface area contributed by atoms with Crippen molar-refractivity contribution in [2.75, 3.05) is 5.32 Å². The SMILES string of the molecule is Cc1cccc(Nc2nnc(Sc3ccc(C#N)cn3)s2)c1. The lowest BCUT2D eigenvalue weighted by molar-refractivity contribution is 1.01. The molecule has 3 aromatic rings. The van der Waals surface area contributed by atoms with E-state index in [0.29, 0.717) is 5.56 Å². The number of nitriles is 1. The zero-order valence-electron chi connectivity index (χ0n) is 11.6. The van der Waals surface area contributed by atoms with E-state index in [-0.39, 0.29) is 0 Å². The van der Waals surface area contributed by atoms with Crippen LogP contribution in [-0.4, -0.2) is 15.2 Å². The van der Waals surface area contributed by atoms with Crippen LogP contribution in [0.3, 0.4) is 0 Å². The lowest BCUT2D eigenvalue weighted by atomic mass is 10.2. The van der Waals surface area contributed by atoms with Crippen LogP contribution in [0.5, 0.6) is 0 Å². The van der Waals surface area contributed by atoms with Crippen molar-refractivity contribution in [1.82, 2.24) is 15.2 Å². The molecule has 0 aliphatic heterocycles. The summed E-state index contributed by atoms with van der Waals surface area (Å²) in [6.45, 7) is 2.04. The van der Waals surface area contributed by atoms with Gasteiger partial charge >= 0.3 is 0 Å². The summed E-state index contributed by atoms with van der Waals surface area (Å²) in [5.74, 6) is 0. The Morgan fingerprint density at radius 2 is 2.14 bits per heavy atom. The molecule has 0 unspecified atom stereocenters. The number of nitrogens with zero attached hydrogens (tertiary/aromatic N) is 4. The predicted octanol–water partition coefficient (Wildman–Crippen LogP) is 4.01. The van der Waals surface area contributed by atoms with Gasteiger partial charge < -0.3 is 5.32 Å². The van der Waals surface area contributed by atoms with Crippen LogP contribution < -0.4 is 5.32 Å². The Labute approximate surface area is 136 Å². The van der Waals surface area contributed by atoms with Crippen molar-refractivity contribution in [3.63, 3.8) is 0 Å². The fraction of sp³-hybridized carbons (Fsp3) is 0.0667. The average Bonchev–Trinajstić information content (AvgIpc) is 2.95. The Hall–Kier alpha value is -2.43. The maximum atomic E-state index is 8.76. The topological polar surface area (TPSA) is 74.5 Å². The Kier molecular flexibility index (Phi) is 4.32. The fourth-order valence-electron chi connectivity index (χ4n) is 1.74. The van der Waals surface area contributed by atoms with Crippen LogP contribution >= 0.6 is 23.1 Å². The van der Waals surface area contributed by atoms with Crippen molar-refractivity contribution >= 4 is 33.9 Å². The molecule has 0 saturated heterocycles. The smallest absolute Gasteiger partial charge is 0.210 e. The molecule has 0 atom stereocenters. The van der Waals surface area contributed by atoms with E-state index in [0.717, 1.165) is 20.2 Å². The summed E-state index contributed by atoms with van der Waals surface area (Å²) in [6.07, 6.45) is 1.55. The number of anilines is 2. The summed E-state index contributed by atoms with van der Waals surface area (Å²) >= 11 is 2.89. The Morgan fingerprint density at radius 3 is 2.86 bits per heavy atom. The number of rotatable bonds is 4. The lowest BCUT2D eigenvalue weighted by Crippen LogP contribution is -1.89. The Balaban J connectivity index is 1.69. The van der Waals surface area contributed by atoms with Gasteiger partial charge in [-0.2, -0.15) is 5.26 Å². The predicted molar refractivity (Wildman–Crippen MR) is 87.4 cm³/mol. The molecule has 1 N–H and O–H groups in total. The molecule has 5 nitrogen and oxygen atoms in total. The summed E-state index contributed by atoms with van der Waals surface area (Å²) in [5.41, 5.74) is 2.72. The second-order valence-corrected chi connectivity index (χ2v) is 6.71. The van der Waals surface area contributed by atoms with E-state index in [9.17, 15) is 0 Å². The van der Waals surface area contributed by atoms with Gasteiger partial charge in [-0.3, -0.25) is 0 Å². The van der Waals surface area contributed by atoms with Crippen molar-refractivity contribution in [1.29, 1.82) is 5.26 Å². The highest BCUT2D eigenvalue weighted by atomic mass is 32.2. The molecule has 0 fully saturated rings. The van der Waals surface area contributed by atoms with Gasteiger partial charge in [-0.25, -0.2) is 4.98 Å².